The van der Waals surface area contributed by atoms with Crippen LogP contribution in [0.5, 0.6) is 0 Å². The molecule has 2 N–H and O–H groups in total. The Morgan fingerprint density at radius 2 is 2.08 bits per heavy atom. The highest BCUT2D eigenvalue weighted by molar-refractivity contribution is 8.00. The summed E-state index contributed by atoms with van der Waals surface area (Å²) in [7, 11) is 0. The minimum absolute atomic E-state index is 0.0818. The Morgan fingerprint density at radius 3 is 2.73 bits per heavy atom. The van der Waals surface area contributed by atoms with Gasteiger partial charge in [0.05, 0.1) is 12.0 Å². The van der Waals surface area contributed by atoms with Crippen LogP contribution in [0, 0.1) is 13.8 Å². The van der Waals surface area contributed by atoms with E-state index in [1.165, 1.54) is 24.9 Å². The number of aryl methyl sites for hydroxylation is 2. The molecule has 1 saturated heterocycles. The number of imide groups is 1. The first-order valence-corrected chi connectivity index (χ1v) is 9.00. The van der Waals surface area contributed by atoms with E-state index in [0.717, 1.165) is 16.0 Å². The van der Waals surface area contributed by atoms with Gasteiger partial charge in [-0.25, -0.2) is 4.79 Å². The van der Waals surface area contributed by atoms with Gasteiger partial charge in [0.15, 0.2) is 5.54 Å². The molecule has 136 valence electrons. The number of rotatable bonds is 5. The maximum atomic E-state index is 12.6. The largest absolute Gasteiger partial charge is 0.466 e. The molecule has 1 unspecified atom stereocenters. The van der Waals surface area contributed by atoms with Gasteiger partial charge >= 0.3 is 6.03 Å². The molecular formula is C18H19N3O4S. The third-order valence-electron chi connectivity index (χ3n) is 4.13. The fourth-order valence-electron chi connectivity index (χ4n) is 2.73. The molecule has 1 aromatic carbocycles. The second-order valence-corrected chi connectivity index (χ2v) is 7.28. The van der Waals surface area contributed by atoms with E-state index in [1.54, 1.807) is 12.1 Å². The third kappa shape index (κ3) is 3.32. The molecule has 26 heavy (non-hydrogen) atoms. The molecule has 0 spiro atoms. The minimum atomic E-state index is -1.34. The molecule has 1 atom stereocenters. The number of thioether (sulfide) groups is 1. The zero-order chi connectivity index (χ0) is 18.9. The van der Waals surface area contributed by atoms with Gasteiger partial charge in [0.2, 0.25) is 5.91 Å². The lowest BCUT2D eigenvalue weighted by Crippen LogP contribution is -2.48. The number of furan rings is 1. The Hall–Kier alpha value is -2.74. The second-order valence-electron chi connectivity index (χ2n) is 6.27. The first-order chi connectivity index (χ1) is 12.3. The van der Waals surface area contributed by atoms with Gasteiger partial charge in [-0.05, 0) is 44.5 Å². The molecule has 2 aromatic rings. The zero-order valence-corrected chi connectivity index (χ0v) is 15.5. The normalized spacial score (nSPS) is 19.6. The number of urea groups is 1. The van der Waals surface area contributed by atoms with Crippen LogP contribution in [0.25, 0.3) is 0 Å². The van der Waals surface area contributed by atoms with Gasteiger partial charge in [-0.3, -0.25) is 15.0 Å². The summed E-state index contributed by atoms with van der Waals surface area (Å²) in [6, 6.07) is 8.48. The molecule has 1 fully saturated rings. The predicted octanol–water partition coefficient (Wildman–Crippen LogP) is 2.49. The van der Waals surface area contributed by atoms with E-state index in [0.29, 0.717) is 10.8 Å². The van der Waals surface area contributed by atoms with Gasteiger partial charge in [0.1, 0.15) is 5.76 Å². The van der Waals surface area contributed by atoms with Crippen LogP contribution in [-0.2, 0) is 15.1 Å². The van der Waals surface area contributed by atoms with Crippen molar-refractivity contribution in [3.8, 4) is 0 Å². The smallest absolute Gasteiger partial charge is 0.344 e. The predicted molar refractivity (Wildman–Crippen MR) is 96.2 cm³/mol. The summed E-state index contributed by atoms with van der Waals surface area (Å²) in [5, 5.41) is 3.25. The molecule has 8 heteroatoms. The van der Waals surface area contributed by atoms with Crippen molar-refractivity contribution in [2.45, 2.75) is 31.2 Å². The van der Waals surface area contributed by atoms with Gasteiger partial charge in [-0.2, -0.15) is 5.01 Å². The van der Waals surface area contributed by atoms with Gasteiger partial charge < -0.3 is 9.73 Å². The number of hydrogen-bond acceptors (Lipinski definition) is 5. The van der Waals surface area contributed by atoms with Crippen molar-refractivity contribution in [1.82, 2.24) is 15.8 Å². The summed E-state index contributed by atoms with van der Waals surface area (Å²) >= 11 is 1.35. The molecule has 0 bridgehead atoms. The highest BCUT2D eigenvalue weighted by Crippen LogP contribution is 2.28. The van der Waals surface area contributed by atoms with Crippen LogP contribution in [0.2, 0.25) is 0 Å². The number of carbonyl (C=O) groups excluding carboxylic acids is 3. The Morgan fingerprint density at radius 1 is 1.31 bits per heavy atom. The van der Waals surface area contributed by atoms with Gasteiger partial charge in [0.25, 0.3) is 5.91 Å². The maximum Gasteiger partial charge on any atom is 0.344 e. The average Bonchev–Trinajstić information content (AvgIpc) is 3.19. The van der Waals surface area contributed by atoms with E-state index in [4.69, 9.17) is 4.42 Å². The zero-order valence-electron chi connectivity index (χ0n) is 14.7. The Labute approximate surface area is 155 Å². The SMILES string of the molecule is Cc1ccc(SCC(=O)NN2C(=O)NC(C)(c3ccco3)C2=O)c(C)c1. The number of nitrogens with one attached hydrogen (secondary N) is 2. The van der Waals surface area contributed by atoms with Gasteiger partial charge in [-0.15, -0.1) is 11.8 Å². The maximum absolute atomic E-state index is 12.6. The van der Waals surface area contributed by atoms with Crippen molar-refractivity contribution >= 4 is 29.6 Å². The monoisotopic (exact) mass is 373 g/mol. The fourth-order valence-corrected chi connectivity index (χ4v) is 3.53. The topological polar surface area (TPSA) is 91.7 Å². The van der Waals surface area contributed by atoms with Crippen LogP contribution < -0.4 is 10.7 Å². The Kier molecular flexibility index (Phi) is 4.78. The summed E-state index contributed by atoms with van der Waals surface area (Å²) in [5.41, 5.74) is 3.25. The molecule has 0 radical (unpaired) electrons. The quantitative estimate of drug-likeness (QED) is 0.621. The van der Waals surface area contributed by atoms with E-state index in [2.05, 4.69) is 10.7 Å². The fraction of sp³-hybridized carbons (Fsp3) is 0.278. The minimum Gasteiger partial charge on any atom is -0.466 e. The van der Waals surface area contributed by atoms with Crippen molar-refractivity contribution in [3.05, 3.63) is 53.5 Å². The van der Waals surface area contributed by atoms with E-state index >= 15 is 0 Å². The second kappa shape index (κ2) is 6.87. The van der Waals surface area contributed by atoms with Crippen LogP contribution >= 0.6 is 11.8 Å². The standard InChI is InChI=1S/C18H19N3O4S/c1-11-6-7-13(12(2)9-11)26-10-15(22)20-21-16(23)18(3,19-17(21)24)14-5-4-8-25-14/h4-9H,10H2,1-3H3,(H,19,24)(H,20,22). The van der Waals surface area contributed by atoms with E-state index < -0.39 is 23.4 Å². The van der Waals surface area contributed by atoms with E-state index in [9.17, 15) is 14.4 Å². The van der Waals surface area contributed by atoms with Crippen molar-refractivity contribution in [1.29, 1.82) is 0 Å². The van der Waals surface area contributed by atoms with E-state index in [-0.39, 0.29) is 5.75 Å². The summed E-state index contributed by atoms with van der Waals surface area (Å²) in [4.78, 5) is 37.9. The molecule has 1 aliphatic heterocycles. The first kappa shape index (κ1) is 18.1. The number of nitrogens with zero attached hydrogens (tertiary/aromatic N) is 1. The molecule has 1 aromatic heterocycles. The number of hydrogen-bond donors (Lipinski definition) is 2. The summed E-state index contributed by atoms with van der Waals surface area (Å²) in [5.74, 6) is -0.653. The molecule has 2 heterocycles. The third-order valence-corrected chi connectivity index (χ3v) is 5.31. The molecule has 0 saturated carbocycles. The van der Waals surface area contributed by atoms with Crippen LogP contribution in [0.1, 0.15) is 23.8 Å². The molecule has 0 aliphatic carbocycles. The Bertz CT molecular complexity index is 865. The van der Waals surface area contributed by atoms with Crippen molar-refractivity contribution < 1.29 is 18.8 Å². The van der Waals surface area contributed by atoms with Gasteiger partial charge in [-0.1, -0.05) is 17.7 Å². The number of benzene rings is 1. The van der Waals surface area contributed by atoms with Crippen LogP contribution in [0.4, 0.5) is 4.79 Å². The van der Waals surface area contributed by atoms with Crippen LogP contribution in [-0.4, -0.2) is 28.6 Å². The molecule has 1 aliphatic rings. The average molecular weight is 373 g/mol. The lowest BCUT2D eigenvalue weighted by molar-refractivity contribution is -0.138. The van der Waals surface area contributed by atoms with Crippen molar-refractivity contribution in [2.24, 2.45) is 0 Å². The van der Waals surface area contributed by atoms with E-state index in [1.807, 2.05) is 32.0 Å². The lowest BCUT2D eigenvalue weighted by Gasteiger charge is -2.19. The summed E-state index contributed by atoms with van der Waals surface area (Å²) < 4.78 is 5.24. The number of hydrazine groups is 1. The van der Waals surface area contributed by atoms with Crippen LogP contribution in [0.3, 0.4) is 0 Å². The highest BCUT2D eigenvalue weighted by atomic mass is 32.2. The molecular weight excluding hydrogens is 354 g/mol. The highest BCUT2D eigenvalue weighted by Gasteiger charge is 2.51. The van der Waals surface area contributed by atoms with Crippen molar-refractivity contribution in [3.63, 3.8) is 0 Å². The summed E-state index contributed by atoms with van der Waals surface area (Å²) in [6.07, 6.45) is 1.42. The summed E-state index contributed by atoms with van der Waals surface area (Å²) in [6.45, 7) is 5.50. The molecule has 7 nitrogen and oxygen atoms in total. The van der Waals surface area contributed by atoms with Crippen LogP contribution in [0.15, 0.2) is 45.9 Å². The van der Waals surface area contributed by atoms with Gasteiger partial charge in [0, 0.05) is 4.90 Å². The van der Waals surface area contributed by atoms with Crippen molar-refractivity contribution in [2.75, 3.05) is 5.75 Å². The molecule has 3 rings (SSSR count). The first-order valence-electron chi connectivity index (χ1n) is 8.01. The number of amides is 4. The lowest BCUT2D eigenvalue weighted by atomic mass is 10.00. The molecule has 4 amide bonds. The number of carbonyl (C=O) groups is 3. The Balaban J connectivity index is 1.64.